The Labute approximate surface area is 113 Å². The lowest BCUT2D eigenvalue weighted by atomic mass is 9.99. The molecule has 0 radical (unpaired) electrons. The lowest BCUT2D eigenvalue weighted by Crippen LogP contribution is -2.23. The Kier molecular flexibility index (Phi) is 4.45. The summed E-state index contributed by atoms with van der Waals surface area (Å²) < 4.78 is 5.56. The first-order chi connectivity index (χ1) is 8.72. The first kappa shape index (κ1) is 13.2. The van der Waals surface area contributed by atoms with Gasteiger partial charge in [-0.05, 0) is 54.7 Å². The van der Waals surface area contributed by atoms with E-state index in [0.29, 0.717) is 5.22 Å². The van der Waals surface area contributed by atoms with Gasteiger partial charge in [-0.1, -0.05) is 31.2 Å². The molecule has 1 N–H and O–H groups in total. The summed E-state index contributed by atoms with van der Waals surface area (Å²) in [6.45, 7) is 5.20. The summed E-state index contributed by atoms with van der Waals surface area (Å²) in [4.78, 5) is 0. The zero-order valence-corrected chi connectivity index (χ0v) is 11.5. The highest BCUT2D eigenvalue weighted by Crippen LogP contribution is 2.27. The molecule has 0 aliphatic heterocycles. The molecule has 1 aromatic heterocycles. The first-order valence-corrected chi connectivity index (χ1v) is 6.64. The van der Waals surface area contributed by atoms with Crippen LogP contribution in [0.3, 0.4) is 0 Å². The second-order valence-electron chi connectivity index (χ2n) is 4.39. The fourth-order valence-electron chi connectivity index (χ4n) is 2.05. The SMILES string of the molecule is CCCNC(c1ccc(Cl)o1)c1ccccc1C. The largest absolute Gasteiger partial charge is 0.448 e. The molecule has 0 fully saturated rings. The van der Waals surface area contributed by atoms with Gasteiger partial charge in [-0.15, -0.1) is 0 Å². The third-order valence-electron chi connectivity index (χ3n) is 2.98. The molecule has 0 amide bonds. The van der Waals surface area contributed by atoms with Crippen molar-refractivity contribution in [2.75, 3.05) is 6.54 Å². The number of furan rings is 1. The summed E-state index contributed by atoms with van der Waals surface area (Å²) in [7, 11) is 0. The standard InChI is InChI=1S/C15H18ClNO/c1-3-10-17-15(13-8-9-14(16)18-13)12-7-5-4-6-11(12)2/h4-9,15,17H,3,10H2,1-2H3. The Morgan fingerprint density at radius 2 is 2.00 bits per heavy atom. The van der Waals surface area contributed by atoms with Gasteiger partial charge in [-0.2, -0.15) is 0 Å². The van der Waals surface area contributed by atoms with Crippen molar-refractivity contribution in [2.24, 2.45) is 0 Å². The van der Waals surface area contributed by atoms with Crippen molar-refractivity contribution in [3.8, 4) is 0 Å². The van der Waals surface area contributed by atoms with E-state index in [1.54, 1.807) is 6.07 Å². The van der Waals surface area contributed by atoms with Crippen LogP contribution in [-0.4, -0.2) is 6.54 Å². The summed E-state index contributed by atoms with van der Waals surface area (Å²) >= 11 is 5.87. The van der Waals surface area contributed by atoms with Gasteiger partial charge < -0.3 is 9.73 Å². The highest BCUT2D eigenvalue weighted by atomic mass is 35.5. The highest BCUT2D eigenvalue weighted by molar-refractivity contribution is 6.28. The predicted molar refractivity (Wildman–Crippen MR) is 75.0 cm³/mol. The van der Waals surface area contributed by atoms with Crippen LogP contribution in [0.1, 0.15) is 36.3 Å². The van der Waals surface area contributed by atoms with E-state index in [1.165, 1.54) is 11.1 Å². The fraction of sp³-hybridized carbons (Fsp3) is 0.333. The lowest BCUT2D eigenvalue weighted by Gasteiger charge is -2.18. The van der Waals surface area contributed by atoms with E-state index in [9.17, 15) is 0 Å². The quantitative estimate of drug-likeness (QED) is 0.869. The zero-order chi connectivity index (χ0) is 13.0. The summed E-state index contributed by atoms with van der Waals surface area (Å²) in [5.41, 5.74) is 2.48. The van der Waals surface area contributed by atoms with E-state index in [-0.39, 0.29) is 6.04 Å². The van der Waals surface area contributed by atoms with E-state index in [2.05, 4.69) is 31.3 Å². The highest BCUT2D eigenvalue weighted by Gasteiger charge is 2.18. The molecule has 1 aromatic carbocycles. The molecule has 2 rings (SSSR count). The maximum absolute atomic E-state index is 5.87. The smallest absolute Gasteiger partial charge is 0.193 e. The predicted octanol–water partition coefficient (Wildman–Crippen LogP) is 4.33. The number of nitrogens with one attached hydrogen (secondary N) is 1. The molecule has 2 aromatic rings. The van der Waals surface area contributed by atoms with Crippen LogP contribution >= 0.6 is 11.6 Å². The van der Waals surface area contributed by atoms with Gasteiger partial charge in [0.25, 0.3) is 0 Å². The third-order valence-corrected chi connectivity index (χ3v) is 3.18. The Balaban J connectivity index is 2.33. The van der Waals surface area contributed by atoms with Crippen LogP contribution in [0.2, 0.25) is 5.22 Å². The average molecular weight is 264 g/mol. The maximum atomic E-state index is 5.87. The molecule has 18 heavy (non-hydrogen) atoms. The van der Waals surface area contributed by atoms with Crippen molar-refractivity contribution in [1.29, 1.82) is 0 Å². The number of hydrogen-bond donors (Lipinski definition) is 1. The van der Waals surface area contributed by atoms with Gasteiger partial charge in [0, 0.05) is 0 Å². The van der Waals surface area contributed by atoms with Crippen molar-refractivity contribution < 1.29 is 4.42 Å². The van der Waals surface area contributed by atoms with Gasteiger partial charge in [0.15, 0.2) is 5.22 Å². The van der Waals surface area contributed by atoms with Gasteiger partial charge in [-0.25, -0.2) is 0 Å². The molecule has 96 valence electrons. The van der Waals surface area contributed by atoms with E-state index in [0.717, 1.165) is 18.7 Å². The molecule has 0 aliphatic rings. The van der Waals surface area contributed by atoms with E-state index < -0.39 is 0 Å². The molecule has 0 spiro atoms. The Morgan fingerprint density at radius 1 is 1.22 bits per heavy atom. The topological polar surface area (TPSA) is 25.2 Å². The van der Waals surface area contributed by atoms with Crippen molar-refractivity contribution in [3.63, 3.8) is 0 Å². The lowest BCUT2D eigenvalue weighted by molar-refractivity contribution is 0.447. The molecule has 3 heteroatoms. The fourth-order valence-corrected chi connectivity index (χ4v) is 2.20. The number of halogens is 1. The normalized spacial score (nSPS) is 12.6. The summed E-state index contributed by atoms with van der Waals surface area (Å²) in [5, 5.41) is 3.94. The molecule has 0 saturated carbocycles. The molecular weight excluding hydrogens is 246 g/mol. The van der Waals surface area contributed by atoms with E-state index >= 15 is 0 Å². The molecule has 1 atom stereocenters. The molecule has 0 aliphatic carbocycles. The average Bonchev–Trinajstić information content (AvgIpc) is 2.78. The minimum atomic E-state index is 0.0682. The number of benzene rings is 1. The molecule has 1 heterocycles. The number of rotatable bonds is 5. The third kappa shape index (κ3) is 2.95. The van der Waals surface area contributed by atoms with Crippen LogP contribution in [0.15, 0.2) is 40.8 Å². The van der Waals surface area contributed by atoms with Crippen LogP contribution in [0.5, 0.6) is 0 Å². The minimum Gasteiger partial charge on any atom is -0.448 e. The van der Waals surface area contributed by atoms with Crippen LogP contribution in [-0.2, 0) is 0 Å². The van der Waals surface area contributed by atoms with Crippen molar-refractivity contribution in [3.05, 3.63) is 58.5 Å². The van der Waals surface area contributed by atoms with Crippen molar-refractivity contribution >= 4 is 11.6 Å². The molecular formula is C15H18ClNO. The monoisotopic (exact) mass is 263 g/mol. The summed E-state index contributed by atoms with van der Waals surface area (Å²) in [6, 6.07) is 12.1. The zero-order valence-electron chi connectivity index (χ0n) is 10.7. The van der Waals surface area contributed by atoms with Crippen LogP contribution in [0.4, 0.5) is 0 Å². The molecule has 2 nitrogen and oxygen atoms in total. The van der Waals surface area contributed by atoms with Gasteiger partial charge >= 0.3 is 0 Å². The maximum Gasteiger partial charge on any atom is 0.193 e. The summed E-state index contributed by atoms with van der Waals surface area (Å²) in [5.74, 6) is 0.864. The second-order valence-corrected chi connectivity index (χ2v) is 4.76. The van der Waals surface area contributed by atoms with Gasteiger partial charge in [0.05, 0.1) is 6.04 Å². The Morgan fingerprint density at radius 3 is 2.61 bits per heavy atom. The van der Waals surface area contributed by atoms with Gasteiger partial charge in [0.1, 0.15) is 5.76 Å². The Hall–Kier alpha value is -1.25. The molecule has 1 unspecified atom stereocenters. The minimum absolute atomic E-state index is 0.0682. The van der Waals surface area contributed by atoms with Crippen LogP contribution in [0, 0.1) is 6.92 Å². The summed E-state index contributed by atoms with van der Waals surface area (Å²) in [6.07, 6.45) is 1.08. The Bertz CT molecular complexity index is 507. The van der Waals surface area contributed by atoms with E-state index in [4.69, 9.17) is 16.0 Å². The van der Waals surface area contributed by atoms with Crippen molar-refractivity contribution in [1.82, 2.24) is 5.32 Å². The number of aryl methyl sites for hydroxylation is 1. The van der Waals surface area contributed by atoms with Crippen LogP contribution in [0.25, 0.3) is 0 Å². The van der Waals surface area contributed by atoms with Crippen molar-refractivity contribution in [2.45, 2.75) is 26.3 Å². The molecule has 0 saturated heterocycles. The molecule has 0 bridgehead atoms. The second kappa shape index (κ2) is 6.07. The van der Waals surface area contributed by atoms with Gasteiger partial charge in [0.2, 0.25) is 0 Å². The van der Waals surface area contributed by atoms with Gasteiger partial charge in [-0.3, -0.25) is 0 Å². The van der Waals surface area contributed by atoms with E-state index in [1.807, 2.05) is 18.2 Å². The van der Waals surface area contributed by atoms with Crippen LogP contribution < -0.4 is 5.32 Å². The first-order valence-electron chi connectivity index (χ1n) is 6.26. The number of hydrogen-bond acceptors (Lipinski definition) is 2.